The molecular formula is C24H37Cl3N4O3S. The van der Waals surface area contributed by atoms with Gasteiger partial charge in [0.1, 0.15) is 6.17 Å². The molecule has 35 heavy (non-hydrogen) atoms. The third-order valence-corrected chi connectivity index (χ3v) is 6.38. The third kappa shape index (κ3) is 15.4. The maximum atomic E-state index is 12.4. The Balaban J connectivity index is 2.27. The van der Waals surface area contributed by atoms with E-state index in [9.17, 15) is 14.9 Å². The zero-order chi connectivity index (χ0) is 26.1. The molecule has 1 aromatic carbocycles. The van der Waals surface area contributed by atoms with Crippen LogP contribution in [-0.4, -0.2) is 25.9 Å². The molecule has 0 aliphatic heterocycles. The molecule has 1 rings (SSSR count). The summed E-state index contributed by atoms with van der Waals surface area (Å²) in [7, 11) is 0. The topological polar surface area (TPSA) is 96.3 Å². The van der Waals surface area contributed by atoms with E-state index in [4.69, 9.17) is 47.0 Å². The van der Waals surface area contributed by atoms with Crippen molar-refractivity contribution in [1.29, 1.82) is 0 Å². The minimum absolute atomic E-state index is 0.0429. The molecule has 1 amide bonds. The summed E-state index contributed by atoms with van der Waals surface area (Å²) in [6.07, 6.45) is 13.9. The Hall–Kier alpha value is -1.35. The van der Waals surface area contributed by atoms with Crippen LogP contribution >= 0.6 is 47.0 Å². The van der Waals surface area contributed by atoms with Crippen LogP contribution in [0.1, 0.15) is 90.4 Å². The van der Waals surface area contributed by atoms with Crippen LogP contribution in [0.5, 0.6) is 0 Å². The van der Waals surface area contributed by atoms with Gasteiger partial charge in [-0.15, -0.1) is 0 Å². The predicted octanol–water partition coefficient (Wildman–Crippen LogP) is 7.78. The third-order valence-electron chi connectivity index (χ3n) is 5.50. The van der Waals surface area contributed by atoms with Crippen molar-refractivity contribution in [1.82, 2.24) is 10.6 Å². The number of hydrogen-bond acceptors (Lipinski definition) is 4. The molecule has 1 aromatic rings. The van der Waals surface area contributed by atoms with Gasteiger partial charge in [-0.1, -0.05) is 112 Å². The second-order valence-corrected chi connectivity index (χ2v) is 11.4. The number of alkyl halides is 3. The molecule has 0 radical (unpaired) electrons. The number of rotatable bonds is 17. The second kappa shape index (κ2) is 18.0. The lowest BCUT2D eigenvalue weighted by molar-refractivity contribution is -0.384. The number of halogens is 3. The van der Waals surface area contributed by atoms with E-state index < -0.39 is 14.9 Å². The van der Waals surface area contributed by atoms with Gasteiger partial charge in [0.25, 0.3) is 5.69 Å². The average Bonchev–Trinajstić information content (AvgIpc) is 2.79. The van der Waals surface area contributed by atoms with Crippen molar-refractivity contribution < 1.29 is 9.72 Å². The van der Waals surface area contributed by atoms with Gasteiger partial charge < -0.3 is 16.0 Å². The molecule has 0 aliphatic rings. The first kappa shape index (κ1) is 31.7. The molecule has 198 valence electrons. The van der Waals surface area contributed by atoms with Crippen LogP contribution in [0.25, 0.3) is 0 Å². The largest absolute Gasteiger partial charge is 0.339 e. The van der Waals surface area contributed by atoms with Gasteiger partial charge in [0.05, 0.1) is 4.92 Å². The molecule has 1 atom stereocenters. The van der Waals surface area contributed by atoms with Crippen molar-refractivity contribution in [3.8, 4) is 0 Å². The number of unbranched alkanes of at least 4 members (excludes halogenated alkanes) is 11. The predicted molar refractivity (Wildman–Crippen MR) is 150 cm³/mol. The van der Waals surface area contributed by atoms with Crippen molar-refractivity contribution in [3.05, 3.63) is 34.4 Å². The lowest BCUT2D eigenvalue weighted by Crippen LogP contribution is -2.56. The normalized spacial score (nSPS) is 12.1. The maximum absolute atomic E-state index is 12.4. The average molecular weight is 568 g/mol. The molecule has 7 nitrogen and oxygen atoms in total. The van der Waals surface area contributed by atoms with Crippen LogP contribution in [0.3, 0.4) is 0 Å². The molecule has 0 fully saturated rings. The summed E-state index contributed by atoms with van der Waals surface area (Å²) in [5.74, 6) is -0.237. The molecule has 3 N–H and O–H groups in total. The van der Waals surface area contributed by atoms with Gasteiger partial charge in [-0.3, -0.25) is 14.9 Å². The molecule has 11 heteroatoms. The number of nitrogens with zero attached hydrogens (tertiary/aromatic N) is 1. The summed E-state index contributed by atoms with van der Waals surface area (Å²) in [6.45, 7) is 2.24. The zero-order valence-corrected chi connectivity index (χ0v) is 23.4. The molecule has 0 saturated heterocycles. The van der Waals surface area contributed by atoms with Crippen molar-refractivity contribution in [2.24, 2.45) is 0 Å². The summed E-state index contributed by atoms with van der Waals surface area (Å²) < 4.78 is -1.84. The number of benzene rings is 1. The smallest absolute Gasteiger partial charge is 0.269 e. The van der Waals surface area contributed by atoms with Gasteiger partial charge in [-0.25, -0.2) is 0 Å². The maximum Gasteiger partial charge on any atom is 0.269 e. The highest BCUT2D eigenvalue weighted by atomic mass is 35.6. The van der Waals surface area contributed by atoms with Crippen LogP contribution in [0.4, 0.5) is 11.4 Å². The van der Waals surface area contributed by atoms with E-state index in [1.54, 1.807) is 0 Å². The van der Waals surface area contributed by atoms with E-state index in [1.807, 2.05) is 0 Å². The van der Waals surface area contributed by atoms with Gasteiger partial charge in [0.2, 0.25) is 9.70 Å². The van der Waals surface area contributed by atoms with Crippen molar-refractivity contribution in [2.45, 2.75) is 100 Å². The summed E-state index contributed by atoms with van der Waals surface area (Å²) >= 11 is 23.3. The summed E-state index contributed by atoms with van der Waals surface area (Å²) in [4.78, 5) is 22.6. The van der Waals surface area contributed by atoms with Crippen LogP contribution in [0, 0.1) is 10.1 Å². The number of amides is 1. The van der Waals surface area contributed by atoms with Gasteiger partial charge in [-0.2, -0.15) is 0 Å². The molecule has 0 saturated carbocycles. The van der Waals surface area contributed by atoms with E-state index in [-0.39, 0.29) is 16.7 Å². The van der Waals surface area contributed by atoms with Crippen LogP contribution < -0.4 is 16.0 Å². The quantitative estimate of drug-likeness (QED) is 0.0444. The molecule has 0 aliphatic carbocycles. The van der Waals surface area contributed by atoms with Gasteiger partial charge in [0.15, 0.2) is 5.11 Å². The van der Waals surface area contributed by atoms with E-state index in [2.05, 4.69) is 22.9 Å². The van der Waals surface area contributed by atoms with Crippen molar-refractivity contribution in [3.63, 3.8) is 0 Å². The van der Waals surface area contributed by atoms with Crippen LogP contribution in [0.15, 0.2) is 24.3 Å². The number of thiocarbonyl (C=S) groups is 1. The first-order chi connectivity index (χ1) is 16.6. The van der Waals surface area contributed by atoms with Crippen LogP contribution in [-0.2, 0) is 4.79 Å². The molecule has 0 heterocycles. The lowest BCUT2D eigenvalue weighted by atomic mass is 10.0. The molecule has 0 aromatic heterocycles. The Kier molecular flexibility index (Phi) is 16.3. The Morgan fingerprint density at radius 3 is 1.86 bits per heavy atom. The van der Waals surface area contributed by atoms with Crippen molar-refractivity contribution >= 4 is 69.4 Å². The zero-order valence-electron chi connectivity index (χ0n) is 20.3. The van der Waals surface area contributed by atoms with E-state index in [0.29, 0.717) is 12.1 Å². The number of nitro benzene ring substituents is 1. The molecule has 0 bridgehead atoms. The fourth-order valence-electron chi connectivity index (χ4n) is 3.52. The minimum Gasteiger partial charge on any atom is -0.339 e. The van der Waals surface area contributed by atoms with E-state index in [1.165, 1.54) is 82.1 Å². The Bertz CT molecular complexity index is 776. The van der Waals surface area contributed by atoms with Gasteiger partial charge >= 0.3 is 0 Å². The first-order valence-corrected chi connectivity index (χ1v) is 13.9. The second-order valence-electron chi connectivity index (χ2n) is 8.58. The standard InChI is InChI=1S/C24H37Cl3N4O3S/c1-2-3-4-5-6-7-8-9-10-11-12-13-14-21(32)29-22(24(25,26)27)30-23(35)28-19-15-17-20(18-16-19)31(33)34/h15-18,22H,2-14H2,1H3,(H,29,32)(H2,28,30,35)/t22-/m1/s1. The van der Waals surface area contributed by atoms with Gasteiger partial charge in [0, 0.05) is 24.2 Å². The SMILES string of the molecule is CCCCCCCCCCCCCCC(=O)N[C@H](NC(=S)Nc1ccc([N+](=O)[O-])cc1)C(Cl)(Cl)Cl. The number of hydrogen-bond donors (Lipinski definition) is 3. The Morgan fingerprint density at radius 1 is 0.914 bits per heavy atom. The molecule has 0 spiro atoms. The number of nitrogens with one attached hydrogen (secondary N) is 3. The summed E-state index contributed by atoms with van der Waals surface area (Å²) in [5.41, 5.74) is 0.470. The fraction of sp³-hybridized carbons (Fsp3) is 0.667. The first-order valence-electron chi connectivity index (χ1n) is 12.3. The number of carbonyl (C=O) groups excluding carboxylic acids is 1. The fourth-order valence-corrected chi connectivity index (χ4v) is 4.09. The summed E-state index contributed by atoms with van der Waals surface area (Å²) in [5, 5.41) is 19.2. The molecular weight excluding hydrogens is 531 g/mol. The summed E-state index contributed by atoms with van der Waals surface area (Å²) in [6, 6.07) is 5.69. The van der Waals surface area contributed by atoms with E-state index in [0.717, 1.165) is 19.3 Å². The monoisotopic (exact) mass is 566 g/mol. The number of nitro groups is 1. The van der Waals surface area contributed by atoms with E-state index >= 15 is 0 Å². The number of anilines is 1. The highest BCUT2D eigenvalue weighted by Gasteiger charge is 2.34. The molecule has 0 unspecified atom stereocenters. The van der Waals surface area contributed by atoms with Crippen LogP contribution in [0.2, 0.25) is 0 Å². The van der Waals surface area contributed by atoms with Crippen molar-refractivity contribution in [2.75, 3.05) is 5.32 Å². The van der Waals surface area contributed by atoms with Gasteiger partial charge in [-0.05, 0) is 30.8 Å². The lowest BCUT2D eigenvalue weighted by Gasteiger charge is -2.27. The number of non-ortho nitro benzene ring substituents is 1. The highest BCUT2D eigenvalue weighted by molar-refractivity contribution is 7.80. The number of carbonyl (C=O) groups is 1. The Morgan fingerprint density at radius 2 is 1.40 bits per heavy atom. The minimum atomic E-state index is -1.84. The highest BCUT2D eigenvalue weighted by Crippen LogP contribution is 2.29. The Labute approximate surface area is 229 Å².